The van der Waals surface area contributed by atoms with Crippen LogP contribution in [0.25, 0.3) is 0 Å². The van der Waals surface area contributed by atoms with Crippen molar-refractivity contribution in [3.63, 3.8) is 0 Å². The maximum absolute atomic E-state index is 13.3. The van der Waals surface area contributed by atoms with E-state index in [9.17, 15) is 9.90 Å². The van der Waals surface area contributed by atoms with Crippen LogP contribution in [0.3, 0.4) is 0 Å². The molecule has 33 heavy (non-hydrogen) atoms. The second-order valence-corrected chi connectivity index (χ2v) is 13.0. The van der Waals surface area contributed by atoms with Gasteiger partial charge in [0, 0.05) is 13.1 Å². The molecule has 9 atom stereocenters. The molecule has 1 heterocycles. The average molecular weight is 450 g/mol. The zero-order valence-electron chi connectivity index (χ0n) is 20.7. The van der Waals surface area contributed by atoms with Gasteiger partial charge in [0.25, 0.3) is 0 Å². The molecule has 0 bridgehead atoms. The van der Waals surface area contributed by atoms with Crippen LogP contribution in [-0.2, 0) is 4.79 Å². The molecule has 4 saturated carbocycles. The lowest BCUT2D eigenvalue weighted by atomic mass is 9.49. The van der Waals surface area contributed by atoms with Gasteiger partial charge in [-0.2, -0.15) is 0 Å². The van der Waals surface area contributed by atoms with Gasteiger partial charge in [-0.15, -0.1) is 0 Å². The number of carbonyl (C=O) groups excluding carboxylic acids is 1. The summed E-state index contributed by atoms with van der Waals surface area (Å²) in [7, 11) is 0. The molecule has 1 saturated heterocycles. The highest BCUT2D eigenvalue weighted by Gasteiger charge is 2.57. The summed E-state index contributed by atoms with van der Waals surface area (Å²) >= 11 is 0. The van der Waals surface area contributed by atoms with Crippen molar-refractivity contribution in [2.24, 2.45) is 40.9 Å². The van der Waals surface area contributed by atoms with E-state index >= 15 is 0 Å². The van der Waals surface area contributed by atoms with Crippen LogP contribution in [0.5, 0.6) is 0 Å². The summed E-state index contributed by atoms with van der Waals surface area (Å²) < 4.78 is 0. The van der Waals surface area contributed by atoms with Crippen molar-refractivity contribution in [2.45, 2.75) is 89.6 Å². The topological polar surface area (TPSA) is 40.5 Å². The first-order valence-electron chi connectivity index (χ1n) is 13.9. The Kier molecular flexibility index (Phi) is 5.44. The van der Waals surface area contributed by atoms with E-state index in [0.29, 0.717) is 17.2 Å². The number of hydrogen-bond acceptors (Lipinski definition) is 2. The second kappa shape index (κ2) is 8.11. The maximum atomic E-state index is 13.3. The number of carbonyl (C=O) groups is 1. The van der Waals surface area contributed by atoms with E-state index in [1.165, 1.54) is 50.5 Å². The Morgan fingerprint density at radius 1 is 0.909 bits per heavy atom. The van der Waals surface area contributed by atoms with Crippen LogP contribution in [-0.4, -0.2) is 34.6 Å². The molecule has 1 aliphatic heterocycles. The normalized spacial score (nSPS) is 47.2. The monoisotopic (exact) mass is 449 g/mol. The first-order chi connectivity index (χ1) is 15.9. The molecule has 1 aromatic carbocycles. The Balaban J connectivity index is 1.14. The highest BCUT2D eigenvalue weighted by Crippen LogP contribution is 2.64. The van der Waals surface area contributed by atoms with Gasteiger partial charge in [-0.05, 0) is 118 Å². The molecule has 3 heteroatoms. The third kappa shape index (κ3) is 3.68. The van der Waals surface area contributed by atoms with Crippen molar-refractivity contribution in [3.8, 4) is 0 Å². The van der Waals surface area contributed by atoms with Gasteiger partial charge in [-0.25, -0.2) is 0 Å². The van der Waals surface area contributed by atoms with Crippen LogP contribution in [0.15, 0.2) is 30.3 Å². The van der Waals surface area contributed by atoms with Gasteiger partial charge >= 0.3 is 0 Å². The standard InChI is InChI=1S/C30H43NO2/c1-29(33)15-12-23-21(18-29)8-10-26-25(23)13-16-30(2)22(9-11-27(26)30)19-31-17-14-24(28(31)32)20-6-4-3-5-7-20/h3-7,21-27,33H,8-19H2,1-2H3/t21-,22-,23+,24?,25-,26-,27+,29-,30-/m1/s1. The van der Waals surface area contributed by atoms with Crippen molar-refractivity contribution >= 4 is 5.91 Å². The first-order valence-corrected chi connectivity index (χ1v) is 13.9. The molecule has 180 valence electrons. The summed E-state index contributed by atoms with van der Waals surface area (Å²) in [5.74, 6) is 5.38. The van der Waals surface area contributed by atoms with Crippen molar-refractivity contribution in [1.29, 1.82) is 0 Å². The number of aliphatic hydroxyl groups is 1. The minimum Gasteiger partial charge on any atom is -0.390 e. The lowest BCUT2D eigenvalue weighted by molar-refractivity contribution is -0.131. The van der Waals surface area contributed by atoms with Gasteiger partial charge in [-0.1, -0.05) is 37.3 Å². The van der Waals surface area contributed by atoms with Crippen molar-refractivity contribution in [2.75, 3.05) is 13.1 Å². The van der Waals surface area contributed by atoms with Crippen molar-refractivity contribution < 1.29 is 9.90 Å². The van der Waals surface area contributed by atoms with Crippen molar-refractivity contribution in [1.82, 2.24) is 4.90 Å². The lowest BCUT2D eigenvalue weighted by Crippen LogP contribution is -2.51. The van der Waals surface area contributed by atoms with Crippen LogP contribution in [0.2, 0.25) is 0 Å². The number of amides is 1. The molecule has 3 nitrogen and oxygen atoms in total. The summed E-state index contributed by atoms with van der Waals surface area (Å²) in [5, 5.41) is 10.7. The largest absolute Gasteiger partial charge is 0.390 e. The SMILES string of the molecule is C[C@@]1(O)CC[C@H]2[C@H](CC[C@@H]3[C@@H]2CC[C@]2(C)[C@@H](CN4CCC(c5ccccc5)C4=O)CC[C@@H]32)C1. The number of likely N-dealkylation sites (tertiary alicyclic amines) is 1. The fourth-order valence-corrected chi connectivity index (χ4v) is 9.67. The molecule has 1 amide bonds. The van der Waals surface area contributed by atoms with E-state index in [2.05, 4.69) is 43.0 Å². The lowest BCUT2D eigenvalue weighted by Gasteiger charge is -2.57. The smallest absolute Gasteiger partial charge is 0.230 e. The molecule has 5 fully saturated rings. The van der Waals surface area contributed by atoms with Crippen LogP contribution < -0.4 is 0 Å². The van der Waals surface area contributed by atoms with Gasteiger partial charge in [0.2, 0.25) is 5.91 Å². The molecule has 4 aliphatic carbocycles. The van der Waals surface area contributed by atoms with Gasteiger partial charge in [0.15, 0.2) is 0 Å². The van der Waals surface area contributed by atoms with Crippen LogP contribution in [0.1, 0.15) is 89.5 Å². The Morgan fingerprint density at radius 2 is 1.70 bits per heavy atom. The van der Waals surface area contributed by atoms with E-state index < -0.39 is 5.60 Å². The fourth-order valence-electron chi connectivity index (χ4n) is 9.67. The Morgan fingerprint density at radius 3 is 2.52 bits per heavy atom. The zero-order valence-corrected chi connectivity index (χ0v) is 20.7. The molecule has 0 radical (unpaired) electrons. The third-order valence-electron chi connectivity index (χ3n) is 11.4. The summed E-state index contributed by atoms with van der Waals surface area (Å²) in [5.41, 5.74) is 1.19. The predicted octanol–water partition coefficient (Wildman–Crippen LogP) is 6.02. The molecule has 0 aromatic heterocycles. The van der Waals surface area contributed by atoms with E-state index in [-0.39, 0.29) is 5.92 Å². The number of benzene rings is 1. The van der Waals surface area contributed by atoms with E-state index in [1.807, 2.05) is 6.07 Å². The third-order valence-corrected chi connectivity index (χ3v) is 11.4. The van der Waals surface area contributed by atoms with Crippen LogP contribution in [0, 0.1) is 40.9 Å². The molecule has 1 N–H and O–H groups in total. The number of rotatable bonds is 3. The quantitative estimate of drug-likeness (QED) is 0.613. The van der Waals surface area contributed by atoms with Gasteiger partial charge in [-0.3, -0.25) is 4.79 Å². The van der Waals surface area contributed by atoms with E-state index in [4.69, 9.17) is 0 Å². The van der Waals surface area contributed by atoms with Gasteiger partial charge in [0.1, 0.15) is 0 Å². The fraction of sp³-hybridized carbons (Fsp3) is 0.767. The molecular formula is C30H43NO2. The van der Waals surface area contributed by atoms with Crippen LogP contribution >= 0.6 is 0 Å². The summed E-state index contributed by atoms with van der Waals surface area (Å²) in [6.07, 6.45) is 12.4. The van der Waals surface area contributed by atoms with Crippen LogP contribution in [0.4, 0.5) is 0 Å². The molecule has 0 spiro atoms. The summed E-state index contributed by atoms with van der Waals surface area (Å²) in [6, 6.07) is 10.4. The average Bonchev–Trinajstić information content (AvgIpc) is 3.33. The second-order valence-electron chi connectivity index (χ2n) is 13.0. The summed E-state index contributed by atoms with van der Waals surface area (Å²) in [6.45, 7) is 6.59. The molecule has 1 aromatic rings. The molecule has 5 aliphatic rings. The Bertz CT molecular complexity index is 881. The van der Waals surface area contributed by atoms with Crippen molar-refractivity contribution in [3.05, 3.63) is 35.9 Å². The molecule has 1 unspecified atom stereocenters. The number of nitrogens with zero attached hydrogens (tertiary/aromatic N) is 1. The summed E-state index contributed by atoms with van der Waals surface area (Å²) in [4.78, 5) is 15.5. The molecular weight excluding hydrogens is 406 g/mol. The minimum atomic E-state index is -0.421. The Hall–Kier alpha value is -1.35. The van der Waals surface area contributed by atoms with E-state index in [0.717, 1.165) is 61.9 Å². The predicted molar refractivity (Wildman–Crippen MR) is 132 cm³/mol. The molecule has 6 rings (SSSR count). The van der Waals surface area contributed by atoms with E-state index in [1.54, 1.807) is 0 Å². The highest BCUT2D eigenvalue weighted by molar-refractivity contribution is 5.85. The zero-order chi connectivity index (χ0) is 22.8. The number of fused-ring (bicyclic) bond motifs is 5. The first kappa shape index (κ1) is 22.1. The maximum Gasteiger partial charge on any atom is 0.230 e. The highest BCUT2D eigenvalue weighted by atomic mass is 16.3. The number of hydrogen-bond donors (Lipinski definition) is 1. The van der Waals surface area contributed by atoms with Gasteiger partial charge in [0.05, 0.1) is 11.5 Å². The minimum absolute atomic E-state index is 0.0748. The Labute approximate surface area is 200 Å². The van der Waals surface area contributed by atoms with Gasteiger partial charge < -0.3 is 10.0 Å².